The molecular formula is C16H14BrNO4. The summed E-state index contributed by atoms with van der Waals surface area (Å²) in [5.41, 5.74) is 0.625. The maximum atomic E-state index is 12.3. The number of hydrogen-bond donors (Lipinski definition) is 1. The summed E-state index contributed by atoms with van der Waals surface area (Å²) in [6.45, 7) is 0. The molecule has 1 atom stereocenters. The van der Waals surface area contributed by atoms with Crippen molar-refractivity contribution in [1.82, 2.24) is 5.32 Å². The zero-order chi connectivity index (χ0) is 15.5. The number of hydrogen-bond acceptors (Lipinski definition) is 4. The van der Waals surface area contributed by atoms with Crippen molar-refractivity contribution >= 4 is 27.8 Å². The van der Waals surface area contributed by atoms with Crippen LogP contribution in [0.2, 0.25) is 0 Å². The molecule has 1 N–H and O–H groups in total. The van der Waals surface area contributed by atoms with Crippen molar-refractivity contribution in [3.8, 4) is 0 Å². The molecule has 1 aromatic heterocycles. The number of furan rings is 1. The molecule has 1 saturated carbocycles. The van der Waals surface area contributed by atoms with Crippen LogP contribution >= 0.6 is 15.9 Å². The standard InChI is InChI=1S/C16H14BrNO4/c17-13-9-8-12(21-13)16(20)22-14(10-4-2-1-3-5-10)15(19)18-11-6-7-11/h1-5,8-9,11,14H,6-7H2,(H,18,19)/t14-/m1/s1. The van der Waals surface area contributed by atoms with Gasteiger partial charge in [-0.1, -0.05) is 30.3 Å². The van der Waals surface area contributed by atoms with Gasteiger partial charge in [0.2, 0.25) is 11.9 Å². The van der Waals surface area contributed by atoms with E-state index in [1.165, 1.54) is 6.07 Å². The minimum absolute atomic E-state index is 0.0482. The van der Waals surface area contributed by atoms with Gasteiger partial charge in [-0.3, -0.25) is 4.79 Å². The predicted molar refractivity (Wildman–Crippen MR) is 82.2 cm³/mol. The van der Waals surface area contributed by atoms with Crippen molar-refractivity contribution in [2.24, 2.45) is 0 Å². The lowest BCUT2D eigenvalue weighted by molar-refractivity contribution is -0.130. The van der Waals surface area contributed by atoms with E-state index in [4.69, 9.17) is 9.15 Å². The van der Waals surface area contributed by atoms with E-state index in [1.54, 1.807) is 30.3 Å². The lowest BCUT2D eigenvalue weighted by Crippen LogP contribution is -2.33. The molecule has 3 rings (SSSR count). The van der Waals surface area contributed by atoms with Crippen LogP contribution < -0.4 is 5.32 Å². The number of ether oxygens (including phenoxy) is 1. The maximum absolute atomic E-state index is 12.3. The molecule has 1 aliphatic rings. The van der Waals surface area contributed by atoms with Gasteiger partial charge >= 0.3 is 5.97 Å². The van der Waals surface area contributed by atoms with Crippen LogP contribution in [0.25, 0.3) is 0 Å². The fourth-order valence-electron chi connectivity index (χ4n) is 1.99. The molecule has 6 heteroatoms. The van der Waals surface area contributed by atoms with Crippen LogP contribution in [0.3, 0.4) is 0 Å². The van der Waals surface area contributed by atoms with E-state index in [9.17, 15) is 9.59 Å². The van der Waals surface area contributed by atoms with Crippen molar-refractivity contribution in [3.63, 3.8) is 0 Å². The number of carbonyl (C=O) groups excluding carboxylic acids is 2. The van der Waals surface area contributed by atoms with Gasteiger partial charge in [0.1, 0.15) is 0 Å². The number of nitrogens with one attached hydrogen (secondary N) is 1. The third-order valence-corrected chi connectivity index (χ3v) is 3.69. The quantitative estimate of drug-likeness (QED) is 0.828. The first kappa shape index (κ1) is 14.8. The van der Waals surface area contributed by atoms with Gasteiger partial charge in [-0.05, 0) is 40.9 Å². The van der Waals surface area contributed by atoms with Crippen LogP contribution in [0.15, 0.2) is 51.6 Å². The van der Waals surface area contributed by atoms with Gasteiger partial charge in [0.05, 0.1) is 0 Å². The summed E-state index contributed by atoms with van der Waals surface area (Å²) in [6, 6.07) is 12.2. The number of amides is 1. The first-order chi connectivity index (χ1) is 10.6. The van der Waals surface area contributed by atoms with E-state index in [2.05, 4.69) is 21.2 Å². The summed E-state index contributed by atoms with van der Waals surface area (Å²) < 4.78 is 11.0. The van der Waals surface area contributed by atoms with Crippen LogP contribution in [0.5, 0.6) is 0 Å². The van der Waals surface area contributed by atoms with E-state index in [0.29, 0.717) is 10.2 Å². The predicted octanol–water partition coefficient (Wildman–Crippen LogP) is 3.22. The molecular weight excluding hydrogens is 350 g/mol. The van der Waals surface area contributed by atoms with Crippen LogP contribution in [-0.4, -0.2) is 17.9 Å². The molecule has 1 aromatic carbocycles. The van der Waals surface area contributed by atoms with Crippen molar-refractivity contribution in [2.75, 3.05) is 0 Å². The number of carbonyl (C=O) groups is 2. The summed E-state index contributed by atoms with van der Waals surface area (Å²) >= 11 is 3.13. The highest BCUT2D eigenvalue weighted by Gasteiger charge is 2.31. The van der Waals surface area contributed by atoms with Crippen LogP contribution in [0.4, 0.5) is 0 Å². The molecule has 22 heavy (non-hydrogen) atoms. The molecule has 0 saturated heterocycles. The average molecular weight is 364 g/mol. The number of halogens is 1. The Labute approximate surface area is 135 Å². The highest BCUT2D eigenvalue weighted by molar-refractivity contribution is 9.10. The van der Waals surface area contributed by atoms with E-state index in [1.807, 2.05) is 6.07 Å². The Morgan fingerprint density at radius 2 is 1.91 bits per heavy atom. The zero-order valence-corrected chi connectivity index (χ0v) is 13.2. The summed E-state index contributed by atoms with van der Waals surface area (Å²) in [7, 11) is 0. The van der Waals surface area contributed by atoms with Crippen LogP contribution in [-0.2, 0) is 9.53 Å². The molecule has 5 nitrogen and oxygen atoms in total. The Hall–Kier alpha value is -2.08. The normalized spacial score (nSPS) is 15.1. The molecule has 0 aliphatic heterocycles. The monoisotopic (exact) mass is 363 g/mol. The second-order valence-electron chi connectivity index (χ2n) is 5.08. The Morgan fingerprint density at radius 3 is 2.50 bits per heavy atom. The van der Waals surface area contributed by atoms with Gasteiger partial charge in [0, 0.05) is 11.6 Å². The van der Waals surface area contributed by atoms with E-state index < -0.39 is 12.1 Å². The van der Waals surface area contributed by atoms with Gasteiger partial charge in [0.15, 0.2) is 4.67 Å². The Kier molecular flexibility index (Phi) is 4.29. The molecule has 0 bridgehead atoms. The second kappa shape index (κ2) is 6.36. The van der Waals surface area contributed by atoms with Crippen molar-refractivity contribution in [2.45, 2.75) is 25.0 Å². The lowest BCUT2D eigenvalue weighted by atomic mass is 10.1. The first-order valence-electron chi connectivity index (χ1n) is 6.95. The fourth-order valence-corrected chi connectivity index (χ4v) is 2.30. The van der Waals surface area contributed by atoms with Gasteiger partial charge in [-0.25, -0.2) is 4.79 Å². The van der Waals surface area contributed by atoms with E-state index >= 15 is 0 Å². The molecule has 1 heterocycles. The molecule has 0 spiro atoms. The zero-order valence-electron chi connectivity index (χ0n) is 11.6. The largest absolute Gasteiger partial charge is 0.442 e. The van der Waals surface area contributed by atoms with Crippen molar-refractivity contribution < 1.29 is 18.7 Å². The lowest BCUT2D eigenvalue weighted by Gasteiger charge is -2.17. The van der Waals surface area contributed by atoms with E-state index in [0.717, 1.165) is 12.8 Å². The Bertz CT molecular complexity index is 678. The molecule has 1 fully saturated rings. The maximum Gasteiger partial charge on any atom is 0.375 e. The third-order valence-electron chi connectivity index (χ3n) is 3.26. The molecule has 2 aromatic rings. The highest BCUT2D eigenvalue weighted by atomic mass is 79.9. The first-order valence-corrected chi connectivity index (χ1v) is 7.74. The fraction of sp³-hybridized carbons (Fsp3) is 0.250. The topological polar surface area (TPSA) is 68.5 Å². The summed E-state index contributed by atoms with van der Waals surface area (Å²) in [5.74, 6) is -0.940. The van der Waals surface area contributed by atoms with Crippen LogP contribution in [0.1, 0.15) is 35.1 Å². The number of esters is 1. The molecule has 1 amide bonds. The number of benzene rings is 1. The highest BCUT2D eigenvalue weighted by Crippen LogP contribution is 2.24. The molecule has 0 unspecified atom stereocenters. The SMILES string of the molecule is O=C(O[C@@H](C(=O)NC1CC1)c1ccccc1)c1ccc(Br)o1. The Morgan fingerprint density at radius 1 is 1.18 bits per heavy atom. The summed E-state index contributed by atoms with van der Waals surface area (Å²) in [6.07, 6.45) is 0.941. The van der Waals surface area contributed by atoms with Gasteiger partial charge in [-0.15, -0.1) is 0 Å². The van der Waals surface area contributed by atoms with Gasteiger partial charge in [-0.2, -0.15) is 0 Å². The molecule has 114 valence electrons. The summed E-state index contributed by atoms with van der Waals surface area (Å²) in [4.78, 5) is 24.5. The molecule has 0 radical (unpaired) electrons. The summed E-state index contributed by atoms with van der Waals surface area (Å²) in [5, 5.41) is 2.86. The third kappa shape index (κ3) is 3.57. The smallest absolute Gasteiger partial charge is 0.375 e. The minimum atomic E-state index is -0.988. The minimum Gasteiger partial charge on any atom is -0.442 e. The van der Waals surface area contributed by atoms with E-state index in [-0.39, 0.29) is 17.7 Å². The van der Waals surface area contributed by atoms with Gasteiger partial charge < -0.3 is 14.5 Å². The number of rotatable bonds is 5. The average Bonchev–Trinajstić information content (AvgIpc) is 3.23. The van der Waals surface area contributed by atoms with Crippen LogP contribution in [0, 0.1) is 0 Å². The van der Waals surface area contributed by atoms with Gasteiger partial charge in [0.25, 0.3) is 5.91 Å². The molecule has 1 aliphatic carbocycles. The van der Waals surface area contributed by atoms with Crippen molar-refractivity contribution in [1.29, 1.82) is 0 Å². The second-order valence-corrected chi connectivity index (χ2v) is 5.86. The Balaban J connectivity index is 1.78. The van der Waals surface area contributed by atoms with Crippen molar-refractivity contribution in [3.05, 3.63) is 58.5 Å².